The van der Waals surface area contributed by atoms with Crippen LogP contribution in [0.25, 0.3) is 0 Å². The molecule has 1 atom stereocenters. The third-order valence-corrected chi connectivity index (χ3v) is 5.06. The van der Waals surface area contributed by atoms with E-state index in [4.69, 9.17) is 32.7 Å². The first kappa shape index (κ1) is 18.9. The van der Waals surface area contributed by atoms with Gasteiger partial charge in [0, 0.05) is 24.8 Å². The summed E-state index contributed by atoms with van der Waals surface area (Å²) in [6.45, 7) is 5.83. The van der Waals surface area contributed by atoms with Gasteiger partial charge < -0.3 is 9.47 Å². The largest absolute Gasteiger partial charge is 0.348 e. The number of rotatable bonds is 6. The Hall–Kier alpha value is -0.170. The van der Waals surface area contributed by atoms with Crippen LogP contribution in [0.3, 0.4) is 0 Å². The first-order valence-corrected chi connectivity index (χ1v) is 8.28. The Bertz CT molecular complexity index is 513. The number of halogens is 2. The van der Waals surface area contributed by atoms with E-state index in [2.05, 4.69) is 4.72 Å². The Morgan fingerprint density at radius 2 is 1.76 bits per heavy atom. The highest BCUT2D eigenvalue weighted by Crippen LogP contribution is 2.33. The predicted octanol–water partition coefficient (Wildman–Crippen LogP) is 3.49. The first-order valence-electron chi connectivity index (χ1n) is 6.37. The number of methoxy groups -OCH3 is 2. The van der Waals surface area contributed by atoms with Gasteiger partial charge in [0.15, 0.2) is 0 Å². The summed E-state index contributed by atoms with van der Waals surface area (Å²) in [6.07, 6.45) is 0. The molecule has 0 saturated carbocycles. The van der Waals surface area contributed by atoms with Crippen molar-refractivity contribution in [2.24, 2.45) is 0 Å². The van der Waals surface area contributed by atoms with E-state index in [1.807, 2.05) is 20.8 Å². The number of hydrogen-bond acceptors (Lipinski definition) is 3. The molecule has 1 aromatic carbocycles. The van der Waals surface area contributed by atoms with Crippen molar-refractivity contribution < 1.29 is 13.7 Å². The van der Waals surface area contributed by atoms with Gasteiger partial charge in [-0.25, -0.2) is 8.93 Å². The SMILES string of the molecule is COC(CNS(=O)C(C)(C)C)(OC)c1ccc(Cl)cc1Cl. The van der Waals surface area contributed by atoms with Crippen LogP contribution in [-0.4, -0.2) is 29.7 Å². The average molecular weight is 354 g/mol. The minimum atomic E-state index is -1.25. The van der Waals surface area contributed by atoms with Crippen molar-refractivity contribution in [1.29, 1.82) is 0 Å². The molecule has 0 radical (unpaired) electrons. The quantitative estimate of drug-likeness (QED) is 0.796. The van der Waals surface area contributed by atoms with Crippen LogP contribution in [0.1, 0.15) is 26.3 Å². The molecule has 0 spiro atoms. The fourth-order valence-electron chi connectivity index (χ4n) is 1.72. The molecule has 1 aromatic rings. The second-order valence-corrected chi connectivity index (χ2v) is 8.38. The monoisotopic (exact) mass is 353 g/mol. The number of ether oxygens (including phenoxy) is 2. The maximum Gasteiger partial charge on any atom is 0.209 e. The number of hydrogen-bond donors (Lipinski definition) is 1. The van der Waals surface area contributed by atoms with Gasteiger partial charge in [-0.1, -0.05) is 29.3 Å². The highest BCUT2D eigenvalue weighted by molar-refractivity contribution is 7.84. The third-order valence-electron chi connectivity index (χ3n) is 2.99. The van der Waals surface area contributed by atoms with Crippen molar-refractivity contribution >= 4 is 34.2 Å². The summed E-state index contributed by atoms with van der Waals surface area (Å²) in [7, 11) is 1.77. The average Bonchev–Trinajstić information content (AvgIpc) is 2.40. The molecule has 1 unspecified atom stereocenters. The minimum Gasteiger partial charge on any atom is -0.348 e. The van der Waals surface area contributed by atoms with Gasteiger partial charge in [-0.3, -0.25) is 0 Å². The highest BCUT2D eigenvalue weighted by Gasteiger charge is 2.35. The predicted molar refractivity (Wildman–Crippen MR) is 88.1 cm³/mol. The fourth-order valence-corrected chi connectivity index (χ4v) is 3.02. The van der Waals surface area contributed by atoms with Crippen LogP contribution in [0.4, 0.5) is 0 Å². The molecular weight excluding hydrogens is 333 g/mol. The summed E-state index contributed by atoms with van der Waals surface area (Å²) in [6, 6.07) is 5.06. The molecule has 7 heteroatoms. The van der Waals surface area contributed by atoms with Crippen LogP contribution in [0.2, 0.25) is 10.0 Å². The molecule has 0 amide bonds. The van der Waals surface area contributed by atoms with Crippen molar-refractivity contribution in [2.45, 2.75) is 31.3 Å². The zero-order chi connectivity index (χ0) is 16.3. The van der Waals surface area contributed by atoms with E-state index >= 15 is 0 Å². The van der Waals surface area contributed by atoms with Gasteiger partial charge in [-0.05, 0) is 32.9 Å². The lowest BCUT2D eigenvalue weighted by Gasteiger charge is -2.33. The first-order chi connectivity index (χ1) is 9.66. The van der Waals surface area contributed by atoms with Gasteiger partial charge in [0.2, 0.25) is 5.79 Å². The Balaban J connectivity index is 3.06. The lowest BCUT2D eigenvalue weighted by atomic mass is 10.1. The molecule has 0 aliphatic rings. The number of nitrogens with one attached hydrogen (secondary N) is 1. The van der Waals surface area contributed by atoms with E-state index in [0.29, 0.717) is 15.6 Å². The van der Waals surface area contributed by atoms with Gasteiger partial charge >= 0.3 is 0 Å². The van der Waals surface area contributed by atoms with E-state index in [-0.39, 0.29) is 6.54 Å². The molecule has 120 valence electrons. The van der Waals surface area contributed by atoms with Crippen LogP contribution in [0, 0.1) is 0 Å². The van der Waals surface area contributed by atoms with Gasteiger partial charge in [0.1, 0.15) is 0 Å². The standard InChI is InChI=1S/C14H21Cl2NO3S/c1-13(2,3)21(18)17-9-14(19-4,20-5)11-7-6-10(15)8-12(11)16/h6-8,17H,9H2,1-5H3. The normalized spacial score (nSPS) is 14.2. The molecule has 0 bridgehead atoms. The molecular formula is C14H21Cl2NO3S. The second kappa shape index (κ2) is 7.40. The maximum absolute atomic E-state index is 12.1. The smallest absolute Gasteiger partial charge is 0.209 e. The molecule has 0 aliphatic carbocycles. The van der Waals surface area contributed by atoms with Gasteiger partial charge in [-0.15, -0.1) is 0 Å². The molecule has 0 aromatic heterocycles. The molecule has 1 N–H and O–H groups in total. The van der Waals surface area contributed by atoms with Crippen molar-refractivity contribution in [3.63, 3.8) is 0 Å². The molecule has 4 nitrogen and oxygen atoms in total. The zero-order valence-corrected chi connectivity index (χ0v) is 15.2. The van der Waals surface area contributed by atoms with E-state index in [1.165, 1.54) is 14.2 Å². The Morgan fingerprint density at radius 3 is 2.19 bits per heavy atom. The molecule has 0 heterocycles. The Labute approximate surface area is 138 Å². The van der Waals surface area contributed by atoms with E-state index in [9.17, 15) is 4.21 Å². The molecule has 0 fully saturated rings. The van der Waals surface area contributed by atoms with E-state index < -0.39 is 21.5 Å². The molecule has 21 heavy (non-hydrogen) atoms. The lowest BCUT2D eigenvalue weighted by molar-refractivity contribution is -0.209. The maximum atomic E-state index is 12.1. The summed E-state index contributed by atoms with van der Waals surface area (Å²) in [5.74, 6) is -1.14. The van der Waals surface area contributed by atoms with Crippen LogP contribution >= 0.6 is 23.2 Å². The van der Waals surface area contributed by atoms with Crippen LogP contribution in [0.15, 0.2) is 18.2 Å². The Morgan fingerprint density at radius 1 is 1.19 bits per heavy atom. The lowest BCUT2D eigenvalue weighted by Crippen LogP contribution is -2.45. The van der Waals surface area contributed by atoms with Crippen LogP contribution in [-0.2, 0) is 26.2 Å². The van der Waals surface area contributed by atoms with Crippen molar-refractivity contribution in [1.82, 2.24) is 4.72 Å². The minimum absolute atomic E-state index is 0.186. The summed E-state index contributed by atoms with van der Waals surface area (Å²) in [5, 5.41) is 0.950. The van der Waals surface area contributed by atoms with E-state index in [1.54, 1.807) is 18.2 Å². The van der Waals surface area contributed by atoms with E-state index in [0.717, 1.165) is 0 Å². The zero-order valence-electron chi connectivity index (χ0n) is 12.8. The summed E-state index contributed by atoms with van der Waals surface area (Å²) >= 11 is 12.1. The molecule has 0 aliphatic heterocycles. The second-order valence-electron chi connectivity index (χ2n) is 5.49. The van der Waals surface area contributed by atoms with Crippen LogP contribution in [0.5, 0.6) is 0 Å². The summed E-state index contributed by atoms with van der Waals surface area (Å²) in [4.78, 5) is 0. The third kappa shape index (κ3) is 4.65. The summed E-state index contributed by atoms with van der Waals surface area (Å²) < 4.78 is 25.7. The number of benzene rings is 1. The van der Waals surface area contributed by atoms with Crippen LogP contribution < -0.4 is 4.72 Å². The van der Waals surface area contributed by atoms with Gasteiger partial charge in [0.05, 0.1) is 27.3 Å². The highest BCUT2D eigenvalue weighted by atomic mass is 35.5. The van der Waals surface area contributed by atoms with Crippen molar-refractivity contribution in [3.05, 3.63) is 33.8 Å². The Kier molecular flexibility index (Phi) is 6.65. The summed E-state index contributed by atoms with van der Waals surface area (Å²) in [5.41, 5.74) is 0.622. The molecule has 1 rings (SSSR count). The molecule has 0 saturated heterocycles. The van der Waals surface area contributed by atoms with Gasteiger partial charge in [-0.2, -0.15) is 0 Å². The van der Waals surface area contributed by atoms with Gasteiger partial charge in [0.25, 0.3) is 0 Å². The van der Waals surface area contributed by atoms with Crippen molar-refractivity contribution in [3.8, 4) is 0 Å². The van der Waals surface area contributed by atoms with Crippen molar-refractivity contribution in [2.75, 3.05) is 20.8 Å². The fraction of sp³-hybridized carbons (Fsp3) is 0.571. The topological polar surface area (TPSA) is 47.6 Å².